The second-order valence-electron chi connectivity index (χ2n) is 5.15. The maximum absolute atomic E-state index is 12.0. The van der Waals surface area contributed by atoms with Crippen molar-refractivity contribution in [3.63, 3.8) is 0 Å². The van der Waals surface area contributed by atoms with E-state index >= 15 is 0 Å². The first-order valence-electron chi connectivity index (χ1n) is 6.67. The summed E-state index contributed by atoms with van der Waals surface area (Å²) >= 11 is 0. The molecule has 0 fully saturated rings. The van der Waals surface area contributed by atoms with Crippen LogP contribution >= 0.6 is 0 Å². The highest BCUT2D eigenvalue weighted by Crippen LogP contribution is 2.26. The van der Waals surface area contributed by atoms with Crippen LogP contribution in [0.3, 0.4) is 0 Å². The third-order valence-corrected chi connectivity index (χ3v) is 5.28. The van der Waals surface area contributed by atoms with E-state index in [0.29, 0.717) is 6.42 Å². The van der Waals surface area contributed by atoms with E-state index in [2.05, 4.69) is 5.32 Å². The summed E-state index contributed by atoms with van der Waals surface area (Å²) < 4.78 is 25.2. The number of aliphatic hydroxyl groups is 1. The van der Waals surface area contributed by atoms with Gasteiger partial charge < -0.3 is 10.4 Å². The Bertz CT molecular complexity index is 518. The molecule has 0 aromatic heterocycles. The predicted molar refractivity (Wildman–Crippen MR) is 80.0 cm³/mol. The van der Waals surface area contributed by atoms with E-state index in [1.165, 1.54) is 18.4 Å². The molecule has 1 aromatic carbocycles. The van der Waals surface area contributed by atoms with Crippen LogP contribution in [-0.4, -0.2) is 45.1 Å². The smallest absolute Gasteiger partial charge is 0.242 e. The fraction of sp³-hybridized carbons (Fsp3) is 0.571. The van der Waals surface area contributed by atoms with Gasteiger partial charge in [-0.1, -0.05) is 19.1 Å². The Labute approximate surface area is 121 Å². The average Bonchev–Trinajstić information content (AvgIpc) is 2.39. The molecule has 20 heavy (non-hydrogen) atoms. The van der Waals surface area contributed by atoms with Gasteiger partial charge in [-0.25, -0.2) is 12.7 Å². The molecule has 2 N–H and O–H groups in total. The summed E-state index contributed by atoms with van der Waals surface area (Å²) in [7, 11) is -0.377. The number of aliphatic hydroxyl groups excluding tert-OH is 1. The second-order valence-corrected chi connectivity index (χ2v) is 7.30. The van der Waals surface area contributed by atoms with Crippen molar-refractivity contribution < 1.29 is 13.5 Å². The van der Waals surface area contributed by atoms with Crippen molar-refractivity contribution in [1.82, 2.24) is 9.62 Å². The normalized spacial score (nSPS) is 15.3. The van der Waals surface area contributed by atoms with Crippen molar-refractivity contribution >= 4 is 10.0 Å². The summed E-state index contributed by atoms with van der Waals surface area (Å²) in [5, 5.41) is 12.5. The van der Waals surface area contributed by atoms with Crippen molar-refractivity contribution in [3.05, 3.63) is 29.8 Å². The number of rotatable bonds is 7. The summed E-state index contributed by atoms with van der Waals surface area (Å²) in [6, 6.07) is 6.82. The van der Waals surface area contributed by atoms with Crippen LogP contribution in [0.1, 0.15) is 25.8 Å². The topological polar surface area (TPSA) is 69.6 Å². The highest BCUT2D eigenvalue weighted by atomic mass is 32.2. The average molecular weight is 300 g/mol. The van der Waals surface area contributed by atoms with Gasteiger partial charge in [0.05, 0.1) is 4.90 Å². The molecule has 1 unspecified atom stereocenters. The lowest BCUT2D eigenvalue weighted by Gasteiger charge is -2.31. The van der Waals surface area contributed by atoms with Crippen molar-refractivity contribution in [2.24, 2.45) is 0 Å². The molecular formula is C14H24N2O3S. The molecule has 1 rings (SSSR count). The Morgan fingerprint density at radius 2 is 1.80 bits per heavy atom. The van der Waals surface area contributed by atoms with Crippen LogP contribution in [0.25, 0.3) is 0 Å². The van der Waals surface area contributed by atoms with Gasteiger partial charge in [0.1, 0.15) is 0 Å². The Morgan fingerprint density at radius 3 is 2.20 bits per heavy atom. The summed E-state index contributed by atoms with van der Waals surface area (Å²) in [6.45, 7) is 4.85. The first kappa shape index (κ1) is 17.1. The van der Waals surface area contributed by atoms with Crippen LogP contribution in [-0.2, 0) is 15.6 Å². The molecule has 0 aliphatic heterocycles. The fourth-order valence-corrected chi connectivity index (χ4v) is 3.06. The number of nitrogens with one attached hydrogen (secondary N) is 1. The summed E-state index contributed by atoms with van der Waals surface area (Å²) in [6.07, 6.45) is 0.570. The van der Waals surface area contributed by atoms with Gasteiger partial charge in [-0.05, 0) is 37.6 Å². The standard InChI is InChI=1S/C14H24N2O3S/c1-5-15-14(2,10-11-17)12-6-8-13(9-7-12)20(18,19)16(3)4/h6-9,15,17H,5,10-11H2,1-4H3. The fourth-order valence-electron chi connectivity index (χ4n) is 2.15. The molecular weight excluding hydrogens is 276 g/mol. The third-order valence-electron chi connectivity index (χ3n) is 3.45. The van der Waals surface area contributed by atoms with Crippen molar-refractivity contribution in [1.29, 1.82) is 0 Å². The van der Waals surface area contributed by atoms with Gasteiger partial charge in [-0.3, -0.25) is 0 Å². The van der Waals surface area contributed by atoms with Crippen LogP contribution < -0.4 is 5.32 Å². The molecule has 6 heteroatoms. The van der Waals surface area contributed by atoms with Crippen LogP contribution in [0.5, 0.6) is 0 Å². The maximum atomic E-state index is 12.0. The van der Waals surface area contributed by atoms with Crippen LogP contribution in [0.15, 0.2) is 29.2 Å². The summed E-state index contributed by atoms with van der Waals surface area (Å²) in [4.78, 5) is 0.272. The van der Waals surface area contributed by atoms with Gasteiger partial charge in [0.25, 0.3) is 0 Å². The highest BCUT2D eigenvalue weighted by Gasteiger charge is 2.25. The van der Waals surface area contributed by atoms with E-state index in [4.69, 9.17) is 0 Å². The molecule has 114 valence electrons. The molecule has 0 bridgehead atoms. The van der Waals surface area contributed by atoms with Gasteiger partial charge in [0.15, 0.2) is 0 Å². The van der Waals surface area contributed by atoms with Crippen molar-refractivity contribution in [2.75, 3.05) is 27.2 Å². The number of hydrogen-bond donors (Lipinski definition) is 2. The highest BCUT2D eigenvalue weighted by molar-refractivity contribution is 7.89. The summed E-state index contributed by atoms with van der Waals surface area (Å²) in [5.41, 5.74) is 0.607. The molecule has 0 amide bonds. The zero-order chi connectivity index (χ0) is 15.4. The molecule has 0 heterocycles. The monoisotopic (exact) mass is 300 g/mol. The number of hydrogen-bond acceptors (Lipinski definition) is 4. The minimum atomic E-state index is -3.40. The summed E-state index contributed by atoms with van der Waals surface area (Å²) in [5.74, 6) is 0. The molecule has 0 spiro atoms. The SMILES string of the molecule is CCNC(C)(CCO)c1ccc(S(=O)(=O)N(C)C)cc1. The lowest BCUT2D eigenvalue weighted by Crippen LogP contribution is -2.40. The first-order chi connectivity index (χ1) is 9.28. The zero-order valence-corrected chi connectivity index (χ0v) is 13.4. The zero-order valence-electron chi connectivity index (χ0n) is 12.5. The van der Waals surface area contributed by atoms with Crippen molar-refractivity contribution in [3.8, 4) is 0 Å². The molecule has 5 nitrogen and oxygen atoms in total. The lowest BCUT2D eigenvalue weighted by atomic mass is 9.89. The minimum absolute atomic E-state index is 0.0707. The van der Waals surface area contributed by atoms with Gasteiger partial charge >= 0.3 is 0 Å². The number of nitrogens with zero attached hydrogens (tertiary/aromatic N) is 1. The van der Waals surface area contributed by atoms with E-state index in [0.717, 1.165) is 12.1 Å². The van der Waals surface area contributed by atoms with E-state index < -0.39 is 10.0 Å². The van der Waals surface area contributed by atoms with E-state index in [1.54, 1.807) is 24.3 Å². The Hall–Kier alpha value is -0.950. The lowest BCUT2D eigenvalue weighted by molar-refractivity contribution is 0.223. The molecule has 1 aromatic rings. The third kappa shape index (κ3) is 3.58. The quantitative estimate of drug-likeness (QED) is 0.792. The molecule has 0 saturated heterocycles. The maximum Gasteiger partial charge on any atom is 0.242 e. The van der Waals surface area contributed by atoms with Gasteiger partial charge in [0, 0.05) is 26.2 Å². The predicted octanol–water partition coefficient (Wildman–Crippen LogP) is 1.14. The Balaban J connectivity index is 3.12. The van der Waals surface area contributed by atoms with Gasteiger partial charge in [-0.2, -0.15) is 0 Å². The Morgan fingerprint density at radius 1 is 1.25 bits per heavy atom. The van der Waals surface area contributed by atoms with Gasteiger partial charge in [0.2, 0.25) is 10.0 Å². The minimum Gasteiger partial charge on any atom is -0.396 e. The van der Waals surface area contributed by atoms with E-state index in [1.807, 2.05) is 13.8 Å². The van der Waals surface area contributed by atoms with Crippen molar-refractivity contribution in [2.45, 2.75) is 30.7 Å². The Kier molecular flexibility index (Phi) is 5.70. The van der Waals surface area contributed by atoms with E-state index in [-0.39, 0.29) is 17.0 Å². The molecule has 0 saturated carbocycles. The first-order valence-corrected chi connectivity index (χ1v) is 8.11. The van der Waals surface area contributed by atoms with Crippen LogP contribution in [0, 0.1) is 0 Å². The molecule has 0 aliphatic carbocycles. The molecule has 0 radical (unpaired) electrons. The number of benzene rings is 1. The second kappa shape index (κ2) is 6.67. The molecule has 1 atom stereocenters. The van der Waals surface area contributed by atoms with E-state index in [9.17, 15) is 13.5 Å². The van der Waals surface area contributed by atoms with Crippen LogP contribution in [0.2, 0.25) is 0 Å². The molecule has 0 aliphatic rings. The number of sulfonamides is 1. The largest absolute Gasteiger partial charge is 0.396 e. The van der Waals surface area contributed by atoms with Gasteiger partial charge in [-0.15, -0.1) is 0 Å². The van der Waals surface area contributed by atoms with Crippen LogP contribution in [0.4, 0.5) is 0 Å².